The zero-order chi connectivity index (χ0) is 23.8. The van der Waals surface area contributed by atoms with Crippen molar-refractivity contribution in [3.8, 4) is 22.9 Å². The van der Waals surface area contributed by atoms with Crippen LogP contribution in [-0.4, -0.2) is 38.6 Å². The van der Waals surface area contributed by atoms with Crippen LogP contribution in [0.4, 0.5) is 0 Å². The van der Waals surface area contributed by atoms with Gasteiger partial charge in [0.25, 0.3) is 5.91 Å². The number of benzene rings is 2. The van der Waals surface area contributed by atoms with E-state index in [4.69, 9.17) is 26.5 Å². The van der Waals surface area contributed by atoms with E-state index >= 15 is 0 Å². The number of ether oxygens (including phenoxy) is 1. The molecule has 5 rings (SSSR count). The van der Waals surface area contributed by atoms with Gasteiger partial charge in [-0.25, -0.2) is 4.68 Å². The molecule has 0 N–H and O–H groups in total. The fourth-order valence-electron chi connectivity index (χ4n) is 3.87. The highest BCUT2D eigenvalue weighted by Gasteiger charge is 2.33. The largest absolute Gasteiger partial charge is 0.493 e. The first-order chi connectivity index (χ1) is 16.4. The van der Waals surface area contributed by atoms with Crippen molar-refractivity contribution in [2.24, 2.45) is 5.92 Å². The van der Waals surface area contributed by atoms with Crippen molar-refractivity contribution < 1.29 is 13.9 Å². The number of hydrogen-bond acceptors (Lipinski definition) is 6. The second-order valence-corrected chi connectivity index (χ2v) is 10.1. The number of rotatable bonds is 6. The van der Waals surface area contributed by atoms with Gasteiger partial charge >= 0.3 is 0 Å². The van der Waals surface area contributed by atoms with E-state index in [1.807, 2.05) is 66.9 Å². The number of thioether (sulfide) groups is 1. The van der Waals surface area contributed by atoms with Crippen molar-refractivity contribution in [3.05, 3.63) is 71.3 Å². The maximum absolute atomic E-state index is 13.1. The molecule has 0 radical (unpaired) electrons. The summed E-state index contributed by atoms with van der Waals surface area (Å²) in [5.74, 6) is 1.50. The first-order valence-electron chi connectivity index (χ1n) is 10.9. The Kier molecular flexibility index (Phi) is 6.02. The van der Waals surface area contributed by atoms with Crippen LogP contribution in [-0.2, 0) is 4.79 Å². The van der Waals surface area contributed by atoms with Crippen LogP contribution in [0.15, 0.2) is 70.1 Å². The molecule has 1 fully saturated rings. The summed E-state index contributed by atoms with van der Waals surface area (Å²) >= 11 is 6.80. The van der Waals surface area contributed by atoms with E-state index in [0.29, 0.717) is 44.5 Å². The van der Waals surface area contributed by atoms with E-state index in [1.54, 1.807) is 16.7 Å². The molecule has 1 aliphatic rings. The van der Waals surface area contributed by atoms with Crippen LogP contribution >= 0.6 is 24.0 Å². The first kappa shape index (κ1) is 22.4. The Morgan fingerprint density at radius 2 is 1.97 bits per heavy atom. The second-order valence-electron chi connectivity index (χ2n) is 8.39. The number of amides is 1. The predicted molar refractivity (Wildman–Crippen MR) is 140 cm³/mol. The second kappa shape index (κ2) is 9.12. The predicted octanol–water partition coefficient (Wildman–Crippen LogP) is 6.15. The van der Waals surface area contributed by atoms with Crippen molar-refractivity contribution in [2.45, 2.75) is 13.8 Å². The smallest absolute Gasteiger partial charge is 0.266 e. The Morgan fingerprint density at radius 1 is 1.18 bits per heavy atom. The molecule has 8 heteroatoms. The minimum Gasteiger partial charge on any atom is -0.493 e. The molecule has 0 aliphatic carbocycles. The minimum absolute atomic E-state index is 0.0756. The number of thiocarbonyl (C=S) groups is 1. The van der Waals surface area contributed by atoms with Crippen LogP contribution in [0.3, 0.4) is 0 Å². The lowest BCUT2D eigenvalue weighted by atomic mass is 10.1. The number of nitrogens with zero attached hydrogens (tertiary/aromatic N) is 3. The molecular weight excluding hydrogens is 466 g/mol. The topological polar surface area (TPSA) is 60.5 Å². The molecule has 0 saturated carbocycles. The highest BCUT2D eigenvalue weighted by molar-refractivity contribution is 8.26. The molecule has 2 aromatic heterocycles. The van der Waals surface area contributed by atoms with E-state index in [9.17, 15) is 4.79 Å². The maximum Gasteiger partial charge on any atom is 0.266 e. The number of para-hydroxylation sites is 2. The Morgan fingerprint density at radius 3 is 2.71 bits per heavy atom. The van der Waals surface area contributed by atoms with Crippen molar-refractivity contribution in [1.82, 2.24) is 14.7 Å². The monoisotopic (exact) mass is 489 g/mol. The Hall–Kier alpha value is -3.36. The third kappa shape index (κ3) is 4.15. The number of methoxy groups -OCH3 is 1. The van der Waals surface area contributed by atoms with Crippen molar-refractivity contribution in [3.63, 3.8) is 0 Å². The van der Waals surface area contributed by atoms with Gasteiger partial charge in [0, 0.05) is 23.7 Å². The fourth-order valence-corrected chi connectivity index (χ4v) is 5.14. The average Bonchev–Trinajstić information content (AvgIpc) is 3.52. The summed E-state index contributed by atoms with van der Waals surface area (Å²) in [4.78, 5) is 15.3. The van der Waals surface area contributed by atoms with Crippen LogP contribution in [0.5, 0.6) is 5.75 Å². The number of fused-ring (bicyclic) bond motifs is 1. The van der Waals surface area contributed by atoms with Crippen LogP contribution in [0.25, 0.3) is 34.2 Å². The molecule has 0 bridgehead atoms. The van der Waals surface area contributed by atoms with Crippen molar-refractivity contribution >= 4 is 51.3 Å². The summed E-state index contributed by atoms with van der Waals surface area (Å²) in [5, 5.41) is 5.74. The lowest BCUT2D eigenvalue weighted by molar-refractivity contribution is -0.122. The molecular formula is C26H23N3O3S2. The van der Waals surface area contributed by atoms with Gasteiger partial charge in [-0.3, -0.25) is 9.69 Å². The number of carbonyl (C=O) groups excluding carboxylic acids is 1. The molecule has 0 unspecified atom stereocenters. The van der Waals surface area contributed by atoms with Gasteiger partial charge in [0.05, 0.1) is 17.7 Å². The Balaban J connectivity index is 1.63. The molecule has 6 nitrogen and oxygen atoms in total. The van der Waals surface area contributed by atoms with Crippen molar-refractivity contribution in [1.29, 1.82) is 0 Å². The van der Waals surface area contributed by atoms with Gasteiger partial charge in [0.1, 0.15) is 10.0 Å². The quantitative estimate of drug-likeness (QED) is 0.239. The Bertz CT molecular complexity index is 1420. The van der Waals surface area contributed by atoms with Crippen LogP contribution in [0.1, 0.15) is 19.4 Å². The summed E-state index contributed by atoms with van der Waals surface area (Å²) in [5.41, 5.74) is 2.97. The summed E-state index contributed by atoms with van der Waals surface area (Å²) < 4.78 is 14.0. The van der Waals surface area contributed by atoms with Crippen LogP contribution in [0, 0.1) is 5.92 Å². The normalized spacial score (nSPS) is 15.3. The molecule has 1 amide bonds. The number of hydrogen-bond donors (Lipinski definition) is 0. The SMILES string of the molecule is COc1cccc2cc(-c3nn(-c4ccccc4)cc3C=C3SC(=S)N(CC(C)C)C3=O)oc12. The highest BCUT2D eigenvalue weighted by Crippen LogP contribution is 2.38. The van der Waals surface area contributed by atoms with E-state index in [0.717, 1.165) is 16.6 Å². The molecule has 2 aromatic carbocycles. The Labute approximate surface area is 207 Å². The molecule has 4 aromatic rings. The standard InChI is InChI=1S/C26H23N3O3S2/c1-16(2)14-28-25(30)22(34-26(28)33)13-18-15-29(19-9-5-4-6-10-19)27-23(18)21-12-17-8-7-11-20(31-3)24(17)32-21/h4-13,15-16H,14H2,1-3H3. The van der Waals surface area contributed by atoms with E-state index in [1.165, 1.54) is 11.8 Å². The van der Waals surface area contributed by atoms with Crippen LogP contribution in [0.2, 0.25) is 0 Å². The van der Waals surface area contributed by atoms with Gasteiger partial charge in [-0.05, 0) is 36.3 Å². The summed E-state index contributed by atoms with van der Waals surface area (Å²) in [6, 6.07) is 17.5. The zero-order valence-electron chi connectivity index (χ0n) is 19.0. The highest BCUT2D eigenvalue weighted by atomic mass is 32.2. The van der Waals surface area contributed by atoms with Gasteiger partial charge in [0.15, 0.2) is 17.1 Å². The molecule has 0 spiro atoms. The minimum atomic E-state index is -0.0756. The van der Waals surface area contributed by atoms with E-state index in [2.05, 4.69) is 13.8 Å². The van der Waals surface area contributed by atoms with Gasteiger partial charge in [0.2, 0.25) is 0 Å². The third-order valence-electron chi connectivity index (χ3n) is 5.43. The van der Waals surface area contributed by atoms with Gasteiger partial charge in [-0.15, -0.1) is 0 Å². The summed E-state index contributed by atoms with van der Waals surface area (Å²) in [6.45, 7) is 4.74. The number of carbonyl (C=O) groups is 1. The van der Waals surface area contributed by atoms with Crippen LogP contribution < -0.4 is 4.74 Å². The van der Waals surface area contributed by atoms with Gasteiger partial charge in [-0.2, -0.15) is 5.10 Å². The fraction of sp³-hybridized carbons (Fsp3) is 0.192. The number of aromatic nitrogens is 2. The maximum atomic E-state index is 13.1. The molecule has 0 atom stereocenters. The van der Waals surface area contributed by atoms with E-state index in [-0.39, 0.29) is 5.91 Å². The van der Waals surface area contributed by atoms with Gasteiger partial charge < -0.3 is 9.15 Å². The number of furan rings is 1. The summed E-state index contributed by atoms with van der Waals surface area (Å²) in [7, 11) is 1.62. The zero-order valence-corrected chi connectivity index (χ0v) is 20.7. The van der Waals surface area contributed by atoms with Crippen molar-refractivity contribution in [2.75, 3.05) is 13.7 Å². The molecule has 1 saturated heterocycles. The lowest BCUT2D eigenvalue weighted by Crippen LogP contribution is -2.31. The van der Waals surface area contributed by atoms with E-state index < -0.39 is 0 Å². The average molecular weight is 490 g/mol. The van der Waals surface area contributed by atoms with Gasteiger partial charge in [-0.1, -0.05) is 68.2 Å². The third-order valence-corrected chi connectivity index (χ3v) is 6.81. The lowest BCUT2D eigenvalue weighted by Gasteiger charge is -2.16. The summed E-state index contributed by atoms with van der Waals surface area (Å²) in [6.07, 6.45) is 3.76. The first-order valence-corrected chi connectivity index (χ1v) is 12.1. The molecule has 3 heterocycles. The molecule has 34 heavy (non-hydrogen) atoms. The molecule has 172 valence electrons. The molecule has 1 aliphatic heterocycles.